The molecule has 2 aromatic heterocycles. The summed E-state index contributed by atoms with van der Waals surface area (Å²) in [4.78, 5) is 11.7. The quantitative estimate of drug-likeness (QED) is 0.679. The molecule has 2 atom stereocenters. The Bertz CT molecular complexity index is 788. The molecule has 2 unspecified atom stereocenters. The highest BCUT2D eigenvalue weighted by Gasteiger charge is 2.32. The lowest BCUT2D eigenvalue weighted by Crippen LogP contribution is -2.25. The maximum atomic E-state index is 11.7. The van der Waals surface area contributed by atoms with Crippen LogP contribution < -0.4 is 0 Å². The molecule has 0 bridgehead atoms. The molecule has 3 aromatic rings. The van der Waals surface area contributed by atoms with Crippen LogP contribution in [0.15, 0.2) is 18.2 Å². The molecule has 1 aromatic carbocycles. The lowest BCUT2D eigenvalue weighted by atomic mass is 9.83. The molecular weight excluding hydrogens is 316 g/mol. The van der Waals surface area contributed by atoms with Crippen molar-refractivity contribution in [2.75, 3.05) is 0 Å². The van der Waals surface area contributed by atoms with Gasteiger partial charge in [0.25, 0.3) is 0 Å². The molecule has 0 radical (unpaired) electrons. The Morgan fingerprint density at radius 1 is 1.39 bits per heavy atom. The number of tetrazole rings is 1. The summed E-state index contributed by atoms with van der Waals surface area (Å²) < 4.78 is 8.55. The molecule has 0 aliphatic rings. The number of hydrogen-bond acceptors (Lipinski definition) is 7. The molecule has 0 amide bonds. The van der Waals surface area contributed by atoms with E-state index in [1.165, 1.54) is 0 Å². The first-order valence-electron chi connectivity index (χ1n) is 7.37. The van der Waals surface area contributed by atoms with E-state index in [4.69, 9.17) is 0 Å². The Hall–Kier alpha value is -2.42. The highest BCUT2D eigenvalue weighted by Crippen LogP contribution is 2.31. The van der Waals surface area contributed by atoms with E-state index in [1.54, 1.807) is 0 Å². The maximum Gasteiger partial charge on any atom is 0.307 e. The molecular formula is C14H16N6O2S. The van der Waals surface area contributed by atoms with Crippen LogP contribution in [-0.2, 0) is 11.2 Å². The van der Waals surface area contributed by atoms with Crippen LogP contribution in [0.2, 0.25) is 0 Å². The summed E-state index contributed by atoms with van der Waals surface area (Å²) in [5, 5.41) is 23.7. The molecule has 3 rings (SSSR count). The van der Waals surface area contributed by atoms with Crippen molar-refractivity contribution in [1.29, 1.82) is 0 Å². The van der Waals surface area contributed by atoms with Gasteiger partial charge in [0.2, 0.25) is 0 Å². The topological polar surface area (TPSA) is 118 Å². The molecule has 0 aliphatic heterocycles. The van der Waals surface area contributed by atoms with Crippen molar-refractivity contribution in [3.8, 4) is 0 Å². The molecule has 23 heavy (non-hydrogen) atoms. The zero-order valence-electron chi connectivity index (χ0n) is 12.5. The first-order chi connectivity index (χ1) is 11.2. The van der Waals surface area contributed by atoms with Gasteiger partial charge < -0.3 is 5.11 Å². The fourth-order valence-corrected chi connectivity index (χ4v) is 3.38. The molecule has 120 valence electrons. The molecule has 8 nitrogen and oxygen atoms in total. The molecule has 2 heterocycles. The fourth-order valence-electron chi connectivity index (χ4n) is 2.81. The Morgan fingerprint density at radius 3 is 2.96 bits per heavy atom. The largest absolute Gasteiger partial charge is 0.481 e. The number of aliphatic carboxylic acids is 1. The van der Waals surface area contributed by atoms with Crippen LogP contribution in [0.25, 0.3) is 11.0 Å². The van der Waals surface area contributed by atoms with E-state index in [0.717, 1.165) is 34.7 Å². The van der Waals surface area contributed by atoms with Gasteiger partial charge in [-0.2, -0.15) is 14.0 Å². The number of carbonyl (C=O) groups is 1. The number of benzene rings is 1. The summed E-state index contributed by atoms with van der Waals surface area (Å²) in [5.41, 5.74) is 2.58. The van der Waals surface area contributed by atoms with Crippen LogP contribution >= 0.6 is 11.7 Å². The van der Waals surface area contributed by atoms with Crippen LogP contribution in [0.3, 0.4) is 0 Å². The fraction of sp³-hybridized carbons (Fsp3) is 0.429. The number of aromatic nitrogens is 6. The van der Waals surface area contributed by atoms with E-state index in [2.05, 4.69) is 29.4 Å². The van der Waals surface area contributed by atoms with Gasteiger partial charge in [-0.05, 0) is 24.5 Å². The number of H-pyrrole nitrogens is 1. The second-order valence-electron chi connectivity index (χ2n) is 5.36. The number of nitrogens with zero attached hydrogens (tertiary/aromatic N) is 5. The highest BCUT2D eigenvalue weighted by molar-refractivity contribution is 7.00. The average Bonchev–Trinajstić information content (AvgIpc) is 3.21. The van der Waals surface area contributed by atoms with E-state index in [9.17, 15) is 9.90 Å². The minimum Gasteiger partial charge on any atom is -0.481 e. The monoisotopic (exact) mass is 332 g/mol. The van der Waals surface area contributed by atoms with Gasteiger partial charge in [0, 0.05) is 5.92 Å². The van der Waals surface area contributed by atoms with Crippen molar-refractivity contribution in [3.05, 3.63) is 29.6 Å². The van der Waals surface area contributed by atoms with E-state index < -0.39 is 11.9 Å². The molecule has 2 N–H and O–H groups in total. The average molecular weight is 332 g/mol. The van der Waals surface area contributed by atoms with Crippen LogP contribution in [0.5, 0.6) is 0 Å². The minimum atomic E-state index is -0.842. The third-order valence-corrected chi connectivity index (χ3v) is 4.45. The van der Waals surface area contributed by atoms with E-state index >= 15 is 0 Å². The van der Waals surface area contributed by atoms with Crippen molar-refractivity contribution < 1.29 is 9.90 Å². The van der Waals surface area contributed by atoms with Crippen LogP contribution in [-0.4, -0.2) is 40.4 Å². The normalized spacial score (nSPS) is 14.0. The number of rotatable bonds is 7. The van der Waals surface area contributed by atoms with Gasteiger partial charge in [-0.1, -0.05) is 30.7 Å². The number of fused-ring (bicyclic) bond motifs is 1. The summed E-state index contributed by atoms with van der Waals surface area (Å²) in [5.74, 6) is -1.35. The second kappa shape index (κ2) is 6.78. The molecule has 0 saturated carbocycles. The van der Waals surface area contributed by atoms with Gasteiger partial charge in [-0.15, -0.1) is 10.2 Å². The SMILES string of the molecule is CCCC(C(=O)O)C(Cc1cccc2nsnc12)c1nn[nH]n1. The first-order valence-corrected chi connectivity index (χ1v) is 8.10. The van der Waals surface area contributed by atoms with Gasteiger partial charge in [-0.25, -0.2) is 0 Å². The number of aromatic amines is 1. The summed E-state index contributed by atoms with van der Waals surface area (Å²) in [6.07, 6.45) is 1.81. The summed E-state index contributed by atoms with van der Waals surface area (Å²) in [6, 6.07) is 5.75. The summed E-state index contributed by atoms with van der Waals surface area (Å²) in [7, 11) is 0. The standard InChI is InChI=1S/C14H16N6O2S/c1-2-4-9(14(21)22)10(13-15-19-20-16-13)7-8-5-3-6-11-12(8)18-23-17-11/h3,5-6,9-10H,2,4,7H2,1H3,(H,21,22)(H,15,16,19,20). The Kier molecular flexibility index (Phi) is 4.56. The Balaban J connectivity index is 1.98. The number of carboxylic acids is 1. The lowest BCUT2D eigenvalue weighted by Gasteiger charge is -2.21. The predicted octanol–water partition coefficient (Wildman–Crippen LogP) is 2.03. The summed E-state index contributed by atoms with van der Waals surface area (Å²) in [6.45, 7) is 1.97. The van der Waals surface area contributed by atoms with Gasteiger partial charge in [0.15, 0.2) is 5.82 Å². The number of hydrogen-bond donors (Lipinski definition) is 2. The van der Waals surface area contributed by atoms with Crippen LogP contribution in [0, 0.1) is 5.92 Å². The minimum absolute atomic E-state index is 0.363. The van der Waals surface area contributed by atoms with Gasteiger partial charge in [0.05, 0.1) is 17.6 Å². The Morgan fingerprint density at radius 2 is 2.26 bits per heavy atom. The van der Waals surface area contributed by atoms with E-state index in [1.807, 2.05) is 25.1 Å². The van der Waals surface area contributed by atoms with Crippen molar-refractivity contribution >= 4 is 28.7 Å². The first kappa shape index (κ1) is 15.5. The second-order valence-corrected chi connectivity index (χ2v) is 5.89. The van der Waals surface area contributed by atoms with Gasteiger partial charge in [0.1, 0.15) is 11.0 Å². The van der Waals surface area contributed by atoms with Crippen LogP contribution in [0.1, 0.15) is 37.1 Å². The lowest BCUT2D eigenvalue weighted by molar-refractivity contribution is -0.142. The number of carboxylic acid groups (broad SMARTS) is 1. The molecule has 0 aliphatic carbocycles. The maximum absolute atomic E-state index is 11.7. The third kappa shape index (κ3) is 3.19. The van der Waals surface area contributed by atoms with Crippen molar-refractivity contribution in [2.24, 2.45) is 5.92 Å². The zero-order valence-corrected chi connectivity index (χ0v) is 13.3. The molecule has 0 spiro atoms. The van der Waals surface area contributed by atoms with Crippen molar-refractivity contribution in [2.45, 2.75) is 32.1 Å². The smallest absolute Gasteiger partial charge is 0.307 e. The summed E-state index contributed by atoms with van der Waals surface area (Å²) >= 11 is 1.15. The van der Waals surface area contributed by atoms with E-state index in [-0.39, 0.29) is 5.92 Å². The van der Waals surface area contributed by atoms with Gasteiger partial charge >= 0.3 is 5.97 Å². The number of nitrogens with one attached hydrogen (secondary N) is 1. The Labute approximate surface area is 136 Å². The van der Waals surface area contributed by atoms with Crippen molar-refractivity contribution in [3.63, 3.8) is 0 Å². The molecule has 0 saturated heterocycles. The zero-order chi connectivity index (χ0) is 16.2. The third-order valence-electron chi connectivity index (χ3n) is 3.91. The van der Waals surface area contributed by atoms with Crippen LogP contribution in [0.4, 0.5) is 0 Å². The van der Waals surface area contributed by atoms with Gasteiger partial charge in [-0.3, -0.25) is 4.79 Å². The van der Waals surface area contributed by atoms with E-state index in [0.29, 0.717) is 18.7 Å². The molecule has 0 fully saturated rings. The highest BCUT2D eigenvalue weighted by atomic mass is 32.1. The van der Waals surface area contributed by atoms with Crippen molar-refractivity contribution in [1.82, 2.24) is 29.4 Å². The molecule has 9 heteroatoms. The predicted molar refractivity (Wildman–Crippen MR) is 84.1 cm³/mol.